The monoisotopic (exact) mass is 423 g/mol. The first-order valence-electron chi connectivity index (χ1n) is 9.86. The zero-order chi connectivity index (χ0) is 21.3. The van der Waals surface area contributed by atoms with Gasteiger partial charge in [0, 0.05) is 16.8 Å². The Bertz CT molecular complexity index is 1100. The highest BCUT2D eigenvalue weighted by atomic mass is 32.1. The maximum atomic E-state index is 5.82. The fraction of sp³-hybridized carbons (Fsp3) is 0. The van der Waals surface area contributed by atoms with E-state index in [2.05, 4.69) is 15.8 Å². The van der Waals surface area contributed by atoms with Gasteiger partial charge < -0.3 is 10.1 Å². The smallest absolute Gasteiger partial charge is 0.191 e. The van der Waals surface area contributed by atoms with E-state index in [4.69, 9.17) is 17.0 Å². The quantitative estimate of drug-likeness (QED) is 0.220. The molecule has 0 spiro atoms. The van der Waals surface area contributed by atoms with Gasteiger partial charge >= 0.3 is 0 Å². The van der Waals surface area contributed by atoms with Crippen LogP contribution in [0.3, 0.4) is 0 Å². The molecular formula is C26H21N3OS. The fourth-order valence-electron chi connectivity index (χ4n) is 2.98. The van der Waals surface area contributed by atoms with Gasteiger partial charge in [-0.3, -0.25) is 5.43 Å². The predicted octanol–water partition coefficient (Wildman–Crippen LogP) is 6.22. The van der Waals surface area contributed by atoms with Crippen LogP contribution < -0.4 is 15.5 Å². The number of benzene rings is 4. The van der Waals surface area contributed by atoms with Crippen molar-refractivity contribution in [2.45, 2.75) is 0 Å². The van der Waals surface area contributed by atoms with Crippen LogP contribution in [0.1, 0.15) is 11.1 Å². The molecule has 0 fully saturated rings. The Morgan fingerprint density at radius 1 is 0.613 bits per heavy atom. The van der Waals surface area contributed by atoms with Crippen LogP contribution >= 0.6 is 12.2 Å². The first-order chi connectivity index (χ1) is 15.3. The summed E-state index contributed by atoms with van der Waals surface area (Å²) in [6.45, 7) is 0. The molecule has 5 heteroatoms. The topological polar surface area (TPSA) is 45.7 Å². The first kappa shape index (κ1) is 20.3. The second-order valence-corrected chi connectivity index (χ2v) is 7.11. The SMILES string of the molecule is S=C(NN=C(c1ccccc1)c1ccccc1)Nc1ccc(Oc2ccccc2)cc1. The minimum Gasteiger partial charge on any atom is -0.457 e. The molecule has 31 heavy (non-hydrogen) atoms. The first-order valence-corrected chi connectivity index (χ1v) is 10.3. The van der Waals surface area contributed by atoms with E-state index >= 15 is 0 Å². The van der Waals surface area contributed by atoms with Gasteiger partial charge in [0.1, 0.15) is 11.5 Å². The summed E-state index contributed by atoms with van der Waals surface area (Å²) < 4.78 is 5.82. The minimum atomic E-state index is 0.404. The zero-order valence-corrected chi connectivity index (χ0v) is 17.5. The molecule has 0 heterocycles. The lowest BCUT2D eigenvalue weighted by Crippen LogP contribution is -2.25. The lowest BCUT2D eigenvalue weighted by Gasteiger charge is -2.11. The molecule has 0 radical (unpaired) electrons. The summed E-state index contributed by atoms with van der Waals surface area (Å²) in [4.78, 5) is 0. The summed E-state index contributed by atoms with van der Waals surface area (Å²) in [6, 6.07) is 37.3. The molecule has 4 rings (SSSR count). The summed E-state index contributed by atoms with van der Waals surface area (Å²) in [6.07, 6.45) is 0. The van der Waals surface area contributed by atoms with Gasteiger partial charge in [0.05, 0.1) is 5.71 Å². The number of para-hydroxylation sites is 1. The van der Waals surface area contributed by atoms with Crippen molar-refractivity contribution in [3.8, 4) is 11.5 Å². The van der Waals surface area contributed by atoms with Gasteiger partial charge in [0.2, 0.25) is 0 Å². The number of anilines is 1. The number of thiocarbonyl (C=S) groups is 1. The minimum absolute atomic E-state index is 0.404. The molecule has 0 aliphatic carbocycles. The number of nitrogens with one attached hydrogen (secondary N) is 2. The molecule has 0 saturated carbocycles. The summed E-state index contributed by atoms with van der Waals surface area (Å²) in [5.74, 6) is 1.55. The Morgan fingerprint density at radius 2 is 1.10 bits per heavy atom. The molecule has 0 aromatic heterocycles. The number of hydrazone groups is 1. The van der Waals surface area contributed by atoms with E-state index in [0.717, 1.165) is 34.0 Å². The predicted molar refractivity (Wildman–Crippen MR) is 131 cm³/mol. The maximum absolute atomic E-state index is 5.82. The highest BCUT2D eigenvalue weighted by Crippen LogP contribution is 2.22. The van der Waals surface area contributed by atoms with Crippen molar-refractivity contribution in [2.75, 3.05) is 5.32 Å². The normalized spacial score (nSPS) is 10.1. The van der Waals surface area contributed by atoms with Crippen LogP contribution in [-0.2, 0) is 0 Å². The van der Waals surface area contributed by atoms with Crippen molar-refractivity contribution in [3.63, 3.8) is 0 Å². The lowest BCUT2D eigenvalue weighted by atomic mass is 10.0. The molecule has 4 aromatic rings. The highest BCUT2D eigenvalue weighted by Gasteiger charge is 2.07. The van der Waals surface area contributed by atoms with Crippen molar-refractivity contribution in [3.05, 3.63) is 126 Å². The van der Waals surface area contributed by atoms with Gasteiger partial charge in [0.25, 0.3) is 0 Å². The standard InChI is InChI=1S/C26H21N3OS/c31-26(27-22-16-18-24(19-17-22)30-23-14-8-3-9-15-23)29-28-25(20-10-4-1-5-11-20)21-12-6-2-7-13-21/h1-19H,(H2,27,29,31). The summed E-state index contributed by atoms with van der Waals surface area (Å²) in [5.41, 5.74) is 6.63. The molecule has 0 aliphatic heterocycles. The van der Waals surface area contributed by atoms with Gasteiger partial charge in [-0.05, 0) is 48.6 Å². The molecule has 4 nitrogen and oxygen atoms in total. The third-order valence-corrected chi connectivity index (χ3v) is 4.65. The Balaban J connectivity index is 1.43. The van der Waals surface area contributed by atoms with Crippen LogP contribution in [-0.4, -0.2) is 10.8 Å². The summed E-state index contributed by atoms with van der Waals surface area (Å²) >= 11 is 5.43. The number of hydrogen-bond acceptors (Lipinski definition) is 3. The van der Waals surface area contributed by atoms with Crippen LogP contribution in [0.2, 0.25) is 0 Å². The van der Waals surface area contributed by atoms with Crippen LogP contribution in [0, 0.1) is 0 Å². The van der Waals surface area contributed by atoms with Gasteiger partial charge in [0.15, 0.2) is 5.11 Å². The average molecular weight is 424 g/mol. The number of hydrogen-bond donors (Lipinski definition) is 2. The molecule has 0 bridgehead atoms. The molecule has 4 aromatic carbocycles. The number of ether oxygens (including phenoxy) is 1. The second kappa shape index (κ2) is 10.2. The molecule has 0 atom stereocenters. The maximum Gasteiger partial charge on any atom is 0.191 e. The molecule has 0 saturated heterocycles. The highest BCUT2D eigenvalue weighted by molar-refractivity contribution is 7.80. The molecule has 0 aliphatic rings. The average Bonchev–Trinajstić information content (AvgIpc) is 2.83. The van der Waals surface area contributed by atoms with Crippen molar-refractivity contribution in [2.24, 2.45) is 5.10 Å². The lowest BCUT2D eigenvalue weighted by molar-refractivity contribution is 0.483. The number of rotatable bonds is 6. The van der Waals surface area contributed by atoms with Crippen molar-refractivity contribution >= 4 is 28.7 Å². The molecule has 0 unspecified atom stereocenters. The van der Waals surface area contributed by atoms with Crippen molar-refractivity contribution in [1.82, 2.24) is 5.43 Å². The van der Waals surface area contributed by atoms with Crippen LogP contribution in [0.4, 0.5) is 5.69 Å². The molecular weight excluding hydrogens is 402 g/mol. The molecule has 0 amide bonds. The Labute approximate surface area is 187 Å². The van der Waals surface area contributed by atoms with E-state index in [-0.39, 0.29) is 0 Å². The summed E-state index contributed by atoms with van der Waals surface area (Å²) in [7, 11) is 0. The van der Waals surface area contributed by atoms with Gasteiger partial charge in [-0.15, -0.1) is 0 Å². The van der Waals surface area contributed by atoms with Crippen LogP contribution in [0.5, 0.6) is 11.5 Å². The third kappa shape index (κ3) is 5.78. The van der Waals surface area contributed by atoms with E-state index in [1.165, 1.54) is 0 Å². The Hall–Kier alpha value is -3.96. The Morgan fingerprint density at radius 3 is 1.65 bits per heavy atom. The summed E-state index contributed by atoms with van der Waals surface area (Å²) in [5, 5.41) is 8.12. The van der Waals surface area contributed by atoms with Gasteiger partial charge in [-0.1, -0.05) is 78.9 Å². The van der Waals surface area contributed by atoms with Gasteiger partial charge in [-0.2, -0.15) is 5.10 Å². The van der Waals surface area contributed by atoms with E-state index in [1.54, 1.807) is 0 Å². The Kier molecular flexibility index (Phi) is 6.67. The second-order valence-electron chi connectivity index (χ2n) is 6.70. The van der Waals surface area contributed by atoms with E-state index in [9.17, 15) is 0 Å². The van der Waals surface area contributed by atoms with Crippen molar-refractivity contribution < 1.29 is 4.74 Å². The molecule has 2 N–H and O–H groups in total. The largest absolute Gasteiger partial charge is 0.457 e. The van der Waals surface area contributed by atoms with Crippen LogP contribution in [0.15, 0.2) is 120 Å². The zero-order valence-electron chi connectivity index (χ0n) is 16.7. The van der Waals surface area contributed by atoms with E-state index in [1.807, 2.05) is 115 Å². The van der Waals surface area contributed by atoms with E-state index in [0.29, 0.717) is 5.11 Å². The number of nitrogens with zero attached hydrogens (tertiary/aromatic N) is 1. The molecule has 152 valence electrons. The fourth-order valence-corrected chi connectivity index (χ4v) is 3.15. The van der Waals surface area contributed by atoms with Crippen LogP contribution in [0.25, 0.3) is 0 Å². The van der Waals surface area contributed by atoms with E-state index < -0.39 is 0 Å². The van der Waals surface area contributed by atoms with Crippen molar-refractivity contribution in [1.29, 1.82) is 0 Å². The third-order valence-electron chi connectivity index (χ3n) is 4.45. The van der Waals surface area contributed by atoms with Gasteiger partial charge in [-0.25, -0.2) is 0 Å².